The van der Waals surface area contributed by atoms with Gasteiger partial charge in [0.1, 0.15) is 5.75 Å². The highest BCUT2D eigenvalue weighted by atomic mass is 16.3. The van der Waals surface area contributed by atoms with E-state index in [-0.39, 0.29) is 11.8 Å². The van der Waals surface area contributed by atoms with Crippen LogP contribution in [0.3, 0.4) is 0 Å². The van der Waals surface area contributed by atoms with Gasteiger partial charge in [-0.25, -0.2) is 0 Å². The zero-order valence-electron chi connectivity index (χ0n) is 12.9. The lowest BCUT2D eigenvalue weighted by atomic mass is 9.91. The molecular weight excluding hydrogens is 250 g/mol. The predicted molar refractivity (Wildman–Crippen MR) is 82.9 cm³/mol. The minimum atomic E-state index is -0.321. The van der Waals surface area contributed by atoms with Crippen molar-refractivity contribution in [2.24, 2.45) is 5.73 Å². The molecule has 3 nitrogen and oxygen atoms in total. The van der Waals surface area contributed by atoms with Crippen molar-refractivity contribution < 1.29 is 9.90 Å². The van der Waals surface area contributed by atoms with Crippen LogP contribution in [-0.4, -0.2) is 11.0 Å². The maximum Gasteiger partial charge on any atom is 0.224 e. The number of hydrogen-bond donors (Lipinski definition) is 2. The van der Waals surface area contributed by atoms with Crippen molar-refractivity contribution in [3.05, 3.63) is 28.8 Å². The molecule has 112 valence electrons. The van der Waals surface area contributed by atoms with Gasteiger partial charge in [0.2, 0.25) is 5.91 Å². The van der Waals surface area contributed by atoms with Crippen molar-refractivity contribution >= 4 is 5.91 Å². The van der Waals surface area contributed by atoms with E-state index < -0.39 is 0 Å². The summed E-state index contributed by atoms with van der Waals surface area (Å²) in [5, 5.41) is 10.4. The van der Waals surface area contributed by atoms with E-state index in [1.807, 2.05) is 19.1 Å². The van der Waals surface area contributed by atoms with E-state index in [1.165, 1.54) is 0 Å². The lowest BCUT2D eigenvalue weighted by Gasteiger charge is -2.15. The second-order valence-electron chi connectivity index (χ2n) is 5.52. The molecule has 0 bridgehead atoms. The van der Waals surface area contributed by atoms with Crippen LogP contribution >= 0.6 is 0 Å². The van der Waals surface area contributed by atoms with Gasteiger partial charge in [0, 0.05) is 0 Å². The van der Waals surface area contributed by atoms with Crippen molar-refractivity contribution in [3.8, 4) is 5.75 Å². The first-order chi connectivity index (χ1) is 9.51. The number of benzene rings is 1. The van der Waals surface area contributed by atoms with Crippen LogP contribution in [-0.2, 0) is 17.6 Å². The number of rotatable bonds is 8. The van der Waals surface area contributed by atoms with E-state index in [4.69, 9.17) is 5.73 Å². The number of nitrogens with two attached hydrogens (primary N) is 1. The van der Waals surface area contributed by atoms with Crippen molar-refractivity contribution in [3.63, 3.8) is 0 Å². The second-order valence-corrected chi connectivity index (χ2v) is 5.52. The zero-order chi connectivity index (χ0) is 15.1. The summed E-state index contributed by atoms with van der Waals surface area (Å²) in [6.45, 7) is 6.08. The first-order valence-electron chi connectivity index (χ1n) is 7.65. The van der Waals surface area contributed by atoms with E-state index in [0.717, 1.165) is 55.2 Å². The van der Waals surface area contributed by atoms with E-state index in [2.05, 4.69) is 13.8 Å². The highest BCUT2D eigenvalue weighted by Gasteiger charge is 2.16. The molecule has 1 amide bonds. The molecular formula is C17H27NO2. The van der Waals surface area contributed by atoms with E-state index >= 15 is 0 Å². The number of phenols is 1. The Morgan fingerprint density at radius 3 is 1.95 bits per heavy atom. The van der Waals surface area contributed by atoms with Gasteiger partial charge >= 0.3 is 0 Å². The standard InChI is InChI=1S/C17H27NO2/c1-4-6-8-13-10-15(12(3)17(18)20)11-14(16(13)19)9-7-5-2/h10-12,19H,4-9H2,1-3H3,(H2,18,20). The Bertz CT molecular complexity index is 425. The summed E-state index contributed by atoms with van der Waals surface area (Å²) >= 11 is 0. The van der Waals surface area contributed by atoms with Gasteiger partial charge in [0.05, 0.1) is 5.92 Å². The predicted octanol–water partition coefficient (Wildman–Crippen LogP) is 3.67. The molecule has 0 aromatic heterocycles. The molecule has 20 heavy (non-hydrogen) atoms. The second kappa shape index (κ2) is 7.93. The van der Waals surface area contributed by atoms with Gasteiger partial charge in [-0.15, -0.1) is 0 Å². The Morgan fingerprint density at radius 1 is 1.15 bits per heavy atom. The number of carbonyl (C=O) groups excluding carboxylic acids is 1. The lowest BCUT2D eigenvalue weighted by molar-refractivity contribution is -0.119. The van der Waals surface area contributed by atoms with Crippen molar-refractivity contribution in [1.82, 2.24) is 0 Å². The zero-order valence-corrected chi connectivity index (χ0v) is 12.9. The summed E-state index contributed by atoms with van der Waals surface area (Å²) in [6.07, 6.45) is 5.94. The average Bonchev–Trinajstić information content (AvgIpc) is 2.43. The number of unbranched alkanes of at least 4 members (excludes halogenated alkanes) is 2. The monoisotopic (exact) mass is 277 g/mol. The number of aromatic hydroxyl groups is 1. The molecule has 1 atom stereocenters. The summed E-state index contributed by atoms with van der Waals surface area (Å²) in [6, 6.07) is 3.88. The molecule has 1 aromatic carbocycles. The number of carbonyl (C=O) groups is 1. The van der Waals surface area contributed by atoms with Crippen molar-refractivity contribution in [2.75, 3.05) is 0 Å². The fourth-order valence-corrected chi connectivity index (χ4v) is 2.32. The maximum atomic E-state index is 11.4. The summed E-state index contributed by atoms with van der Waals surface area (Å²) in [4.78, 5) is 11.4. The number of hydrogen-bond acceptors (Lipinski definition) is 2. The summed E-state index contributed by atoms with van der Waals surface area (Å²) in [5.74, 6) is -0.220. The van der Waals surface area contributed by atoms with Crippen LogP contribution in [0, 0.1) is 0 Å². The SMILES string of the molecule is CCCCc1cc(C(C)C(N)=O)cc(CCCC)c1O. The third-order valence-corrected chi connectivity index (χ3v) is 3.82. The van der Waals surface area contributed by atoms with Gasteiger partial charge in [-0.2, -0.15) is 0 Å². The van der Waals surface area contributed by atoms with Gasteiger partial charge in [0.25, 0.3) is 0 Å². The molecule has 0 aliphatic rings. The smallest absolute Gasteiger partial charge is 0.224 e. The lowest BCUT2D eigenvalue weighted by Crippen LogP contribution is -2.19. The third kappa shape index (κ3) is 4.26. The number of phenolic OH excluding ortho intramolecular Hbond substituents is 1. The van der Waals surface area contributed by atoms with Crippen LogP contribution in [0.4, 0.5) is 0 Å². The summed E-state index contributed by atoms with van der Waals surface area (Å²) in [7, 11) is 0. The molecule has 1 aromatic rings. The molecule has 3 N–H and O–H groups in total. The minimum Gasteiger partial charge on any atom is -0.507 e. The van der Waals surface area contributed by atoms with E-state index in [0.29, 0.717) is 5.75 Å². The Balaban J connectivity index is 3.14. The van der Waals surface area contributed by atoms with Gasteiger partial charge in [-0.1, -0.05) is 38.8 Å². The highest BCUT2D eigenvalue weighted by Crippen LogP contribution is 2.30. The van der Waals surface area contributed by atoms with Crippen molar-refractivity contribution in [2.45, 2.75) is 65.2 Å². The Morgan fingerprint density at radius 2 is 1.60 bits per heavy atom. The average molecular weight is 277 g/mol. The van der Waals surface area contributed by atoms with Crippen LogP contribution in [0.5, 0.6) is 5.75 Å². The molecule has 0 radical (unpaired) electrons. The topological polar surface area (TPSA) is 63.3 Å². The maximum absolute atomic E-state index is 11.4. The molecule has 0 saturated heterocycles. The number of aryl methyl sites for hydroxylation is 2. The molecule has 0 heterocycles. The summed E-state index contributed by atoms with van der Waals surface area (Å²) in [5.41, 5.74) is 8.22. The quantitative estimate of drug-likeness (QED) is 0.761. The summed E-state index contributed by atoms with van der Waals surface area (Å²) < 4.78 is 0. The van der Waals surface area contributed by atoms with E-state index in [1.54, 1.807) is 0 Å². The minimum absolute atomic E-state index is 0.309. The normalized spacial score (nSPS) is 12.3. The molecule has 3 heteroatoms. The molecule has 0 spiro atoms. The Hall–Kier alpha value is -1.51. The van der Waals surface area contributed by atoms with Crippen LogP contribution in [0.15, 0.2) is 12.1 Å². The van der Waals surface area contributed by atoms with Crippen LogP contribution < -0.4 is 5.73 Å². The fraction of sp³-hybridized carbons (Fsp3) is 0.588. The molecule has 0 fully saturated rings. The molecule has 0 aliphatic carbocycles. The number of amides is 1. The van der Waals surface area contributed by atoms with Gasteiger partial charge in [-0.05, 0) is 49.3 Å². The van der Waals surface area contributed by atoms with Gasteiger partial charge < -0.3 is 10.8 Å². The largest absolute Gasteiger partial charge is 0.507 e. The molecule has 1 unspecified atom stereocenters. The Labute approximate surface area is 122 Å². The van der Waals surface area contributed by atoms with Gasteiger partial charge in [-0.3, -0.25) is 4.79 Å². The molecule has 0 saturated carbocycles. The van der Waals surface area contributed by atoms with Gasteiger partial charge in [0.15, 0.2) is 0 Å². The molecule has 1 rings (SSSR count). The highest BCUT2D eigenvalue weighted by molar-refractivity contribution is 5.81. The van der Waals surface area contributed by atoms with Crippen molar-refractivity contribution in [1.29, 1.82) is 0 Å². The first-order valence-corrected chi connectivity index (χ1v) is 7.65. The third-order valence-electron chi connectivity index (χ3n) is 3.82. The Kier molecular flexibility index (Phi) is 6.56. The molecule has 0 aliphatic heterocycles. The van der Waals surface area contributed by atoms with Crippen LogP contribution in [0.2, 0.25) is 0 Å². The fourth-order valence-electron chi connectivity index (χ4n) is 2.32. The number of primary amides is 1. The van der Waals surface area contributed by atoms with Crippen LogP contribution in [0.25, 0.3) is 0 Å². The van der Waals surface area contributed by atoms with Crippen LogP contribution in [0.1, 0.15) is 69.1 Å². The van der Waals surface area contributed by atoms with E-state index in [9.17, 15) is 9.90 Å². The first kappa shape index (κ1) is 16.5.